The molecule has 0 aliphatic rings. The van der Waals surface area contributed by atoms with E-state index in [-0.39, 0.29) is 9.90 Å². The molecule has 1 aromatic rings. The molecule has 0 bridgehead atoms. The third-order valence-electron chi connectivity index (χ3n) is 1.20. The highest BCUT2D eigenvalue weighted by atomic mass is 35.5. The second-order valence-electron chi connectivity index (χ2n) is 2.02. The molecule has 1 aromatic heterocycles. The highest BCUT2D eigenvalue weighted by Crippen LogP contribution is 2.39. The molecular formula is C6H3Cl3F2S. The second-order valence-corrected chi connectivity index (χ2v) is 4.77. The first kappa shape index (κ1) is 10.5. The van der Waals surface area contributed by atoms with Crippen LogP contribution in [0.15, 0.2) is 6.07 Å². The largest absolute Gasteiger partial charge is 0.258 e. The van der Waals surface area contributed by atoms with Gasteiger partial charge in [-0.2, -0.15) is 0 Å². The van der Waals surface area contributed by atoms with Crippen molar-refractivity contribution in [2.45, 2.75) is 11.8 Å². The average molecular weight is 252 g/mol. The van der Waals surface area contributed by atoms with Crippen molar-refractivity contribution in [3.63, 3.8) is 0 Å². The molecule has 12 heavy (non-hydrogen) atoms. The van der Waals surface area contributed by atoms with Gasteiger partial charge in [0.05, 0.1) is 8.67 Å². The minimum atomic E-state index is -2.63. The van der Waals surface area contributed by atoms with Crippen LogP contribution in [-0.2, 0) is 0 Å². The molecular weight excluding hydrogens is 248 g/mol. The summed E-state index contributed by atoms with van der Waals surface area (Å²) in [5, 5.41) is -1.37. The molecule has 1 heterocycles. The van der Waals surface area contributed by atoms with Crippen molar-refractivity contribution >= 4 is 46.1 Å². The zero-order chi connectivity index (χ0) is 9.30. The quantitative estimate of drug-likeness (QED) is 0.674. The lowest BCUT2D eigenvalue weighted by Gasteiger charge is -2.05. The van der Waals surface area contributed by atoms with Crippen LogP contribution in [0.4, 0.5) is 8.78 Å². The number of hydrogen-bond donors (Lipinski definition) is 0. The molecule has 0 amide bonds. The Hall–Kier alpha value is 0.430. The number of hydrogen-bond acceptors (Lipinski definition) is 1. The van der Waals surface area contributed by atoms with Crippen molar-refractivity contribution in [3.05, 3.63) is 20.3 Å². The molecule has 0 fully saturated rings. The predicted octanol–water partition coefficient (Wildman–Crippen LogP) is 4.60. The maximum Gasteiger partial charge on any atom is 0.258 e. The Kier molecular flexibility index (Phi) is 3.58. The molecule has 68 valence electrons. The summed E-state index contributed by atoms with van der Waals surface area (Å²) in [7, 11) is 0. The van der Waals surface area contributed by atoms with Gasteiger partial charge in [-0.05, 0) is 6.07 Å². The molecule has 0 spiro atoms. The van der Waals surface area contributed by atoms with E-state index in [4.69, 9.17) is 34.8 Å². The van der Waals surface area contributed by atoms with E-state index >= 15 is 0 Å². The smallest absolute Gasteiger partial charge is 0.208 e. The van der Waals surface area contributed by atoms with Crippen LogP contribution in [0.1, 0.15) is 10.9 Å². The Morgan fingerprint density at radius 1 is 1.33 bits per heavy atom. The molecule has 0 N–H and O–H groups in total. The van der Waals surface area contributed by atoms with E-state index in [9.17, 15) is 8.78 Å². The molecule has 0 aromatic carbocycles. The van der Waals surface area contributed by atoms with Crippen LogP contribution in [0.5, 0.6) is 0 Å². The lowest BCUT2D eigenvalue weighted by atomic mass is 10.2. The van der Waals surface area contributed by atoms with Crippen LogP contribution >= 0.6 is 46.1 Å². The van der Waals surface area contributed by atoms with E-state index < -0.39 is 11.8 Å². The zero-order valence-corrected chi connectivity index (χ0v) is 8.61. The Morgan fingerprint density at radius 2 is 1.92 bits per heavy atom. The van der Waals surface area contributed by atoms with E-state index in [1.165, 1.54) is 6.07 Å². The lowest BCUT2D eigenvalue weighted by molar-refractivity contribution is 0.143. The van der Waals surface area contributed by atoms with Gasteiger partial charge in [-0.1, -0.05) is 23.2 Å². The van der Waals surface area contributed by atoms with Crippen molar-refractivity contribution in [1.29, 1.82) is 0 Å². The molecule has 1 atom stereocenters. The van der Waals surface area contributed by atoms with Crippen LogP contribution in [-0.4, -0.2) is 6.43 Å². The van der Waals surface area contributed by atoms with Gasteiger partial charge in [0.15, 0.2) is 0 Å². The first-order chi connectivity index (χ1) is 5.52. The van der Waals surface area contributed by atoms with E-state index in [0.29, 0.717) is 4.34 Å². The molecule has 0 saturated heterocycles. The van der Waals surface area contributed by atoms with Crippen molar-refractivity contribution in [2.24, 2.45) is 0 Å². The summed E-state index contributed by atoms with van der Waals surface area (Å²) >= 11 is 17.5. The second kappa shape index (κ2) is 4.09. The Bertz CT molecular complexity index is 274. The monoisotopic (exact) mass is 250 g/mol. The third-order valence-corrected chi connectivity index (χ3v) is 3.14. The van der Waals surface area contributed by atoms with E-state index in [1.54, 1.807) is 0 Å². The molecule has 0 saturated carbocycles. The molecule has 1 rings (SSSR count). The van der Waals surface area contributed by atoms with E-state index in [1.807, 2.05) is 0 Å². The Morgan fingerprint density at radius 3 is 2.25 bits per heavy atom. The van der Waals surface area contributed by atoms with Gasteiger partial charge >= 0.3 is 0 Å². The van der Waals surface area contributed by atoms with E-state index in [2.05, 4.69) is 0 Å². The minimum Gasteiger partial charge on any atom is -0.208 e. The number of thiophene rings is 1. The molecule has 0 radical (unpaired) electrons. The maximum absolute atomic E-state index is 12.1. The van der Waals surface area contributed by atoms with Crippen molar-refractivity contribution in [3.8, 4) is 0 Å². The highest BCUT2D eigenvalue weighted by Gasteiger charge is 2.23. The SMILES string of the molecule is FC(F)C(Cl)c1cc(Cl)sc1Cl. The van der Waals surface area contributed by atoms with Gasteiger partial charge in [0.1, 0.15) is 5.38 Å². The van der Waals surface area contributed by atoms with Crippen LogP contribution in [0, 0.1) is 0 Å². The molecule has 0 aliphatic heterocycles. The number of rotatable bonds is 2. The van der Waals surface area contributed by atoms with Crippen LogP contribution < -0.4 is 0 Å². The summed E-state index contributed by atoms with van der Waals surface area (Å²) in [6, 6.07) is 1.36. The first-order valence-corrected chi connectivity index (χ1v) is 4.90. The summed E-state index contributed by atoms with van der Waals surface area (Å²) < 4.78 is 24.7. The Balaban J connectivity index is 2.94. The van der Waals surface area contributed by atoms with Crippen molar-refractivity contribution in [2.75, 3.05) is 0 Å². The highest BCUT2D eigenvalue weighted by molar-refractivity contribution is 7.20. The van der Waals surface area contributed by atoms with Crippen LogP contribution in [0.25, 0.3) is 0 Å². The fourth-order valence-electron chi connectivity index (χ4n) is 0.677. The fourth-order valence-corrected chi connectivity index (χ4v) is 2.52. The van der Waals surface area contributed by atoms with Gasteiger partial charge in [-0.15, -0.1) is 22.9 Å². The first-order valence-electron chi connectivity index (χ1n) is 2.89. The molecule has 6 heteroatoms. The third kappa shape index (κ3) is 2.22. The minimum absolute atomic E-state index is 0.198. The van der Waals surface area contributed by atoms with Crippen molar-refractivity contribution in [1.82, 2.24) is 0 Å². The molecule has 0 aliphatic carbocycles. The lowest BCUT2D eigenvalue weighted by Crippen LogP contribution is -2.00. The topological polar surface area (TPSA) is 0 Å². The summed E-state index contributed by atoms with van der Waals surface area (Å²) in [5.41, 5.74) is 0.198. The zero-order valence-electron chi connectivity index (χ0n) is 5.53. The van der Waals surface area contributed by atoms with Gasteiger partial charge in [-0.25, -0.2) is 8.78 Å². The van der Waals surface area contributed by atoms with Gasteiger partial charge < -0.3 is 0 Å². The number of halogens is 5. The van der Waals surface area contributed by atoms with Gasteiger partial charge in [0.25, 0.3) is 6.43 Å². The van der Waals surface area contributed by atoms with Gasteiger partial charge in [-0.3, -0.25) is 0 Å². The summed E-state index contributed by atoms with van der Waals surface area (Å²) in [6.45, 7) is 0. The Labute approximate surface area is 87.0 Å². The van der Waals surface area contributed by atoms with Crippen LogP contribution in [0.3, 0.4) is 0 Å². The van der Waals surface area contributed by atoms with Gasteiger partial charge in [0, 0.05) is 5.56 Å². The molecule has 0 nitrogen and oxygen atoms in total. The number of alkyl halides is 3. The predicted molar refractivity (Wildman–Crippen MR) is 48.9 cm³/mol. The fraction of sp³-hybridized carbons (Fsp3) is 0.333. The summed E-state index contributed by atoms with van der Waals surface area (Å²) in [5.74, 6) is 0. The van der Waals surface area contributed by atoms with Crippen LogP contribution in [0.2, 0.25) is 8.67 Å². The average Bonchev–Trinajstić information content (AvgIpc) is 2.28. The maximum atomic E-state index is 12.1. The normalized spacial score (nSPS) is 13.8. The summed E-state index contributed by atoms with van der Waals surface area (Å²) in [4.78, 5) is 0. The summed E-state index contributed by atoms with van der Waals surface area (Å²) in [6.07, 6.45) is -2.63. The van der Waals surface area contributed by atoms with Crippen molar-refractivity contribution < 1.29 is 8.78 Å². The van der Waals surface area contributed by atoms with E-state index in [0.717, 1.165) is 11.3 Å². The van der Waals surface area contributed by atoms with Gasteiger partial charge in [0.2, 0.25) is 0 Å². The molecule has 1 unspecified atom stereocenters. The standard InChI is InChI=1S/C6H3Cl3F2S/c7-3-1-2(5(9)12-3)4(8)6(10)11/h1,4,6H.